The van der Waals surface area contributed by atoms with Crippen LogP contribution < -0.4 is 0 Å². The molecule has 0 fully saturated rings. The van der Waals surface area contributed by atoms with E-state index in [1.54, 1.807) is 12.1 Å². The molecule has 0 aliphatic carbocycles. The Kier molecular flexibility index (Phi) is 6.92. The number of hydrogen-bond acceptors (Lipinski definition) is 4. The lowest BCUT2D eigenvalue weighted by Crippen LogP contribution is -2.05. The number of benzene rings is 2. The summed E-state index contributed by atoms with van der Waals surface area (Å²) >= 11 is 0. The topological polar surface area (TPSA) is 83.8 Å². The molecule has 0 spiro atoms. The van der Waals surface area contributed by atoms with E-state index in [2.05, 4.69) is 6.58 Å². The Morgan fingerprint density at radius 2 is 1.59 bits per heavy atom. The molecule has 0 saturated carbocycles. The van der Waals surface area contributed by atoms with Gasteiger partial charge in [0.05, 0.1) is 0 Å². The smallest absolute Gasteiger partial charge is 0.342 e. The maximum atomic E-state index is 11.7. The Hall–Kier alpha value is -3.08. The van der Waals surface area contributed by atoms with Crippen molar-refractivity contribution in [2.75, 3.05) is 0 Å². The maximum Gasteiger partial charge on any atom is 0.342 e. The Morgan fingerprint density at radius 3 is 2.14 bits per heavy atom. The molecule has 0 bridgehead atoms. The van der Waals surface area contributed by atoms with Gasteiger partial charge in [-0.15, -0.1) is 0 Å². The van der Waals surface area contributed by atoms with Crippen LogP contribution in [0.3, 0.4) is 0 Å². The molecule has 2 N–H and O–H groups in total. The van der Waals surface area contributed by atoms with E-state index in [1.807, 2.05) is 30.3 Å². The number of phenols is 1. The van der Waals surface area contributed by atoms with Crippen molar-refractivity contribution in [3.63, 3.8) is 0 Å². The third-order valence-corrected chi connectivity index (χ3v) is 2.51. The normalized spacial score (nSPS) is 9.09. The van der Waals surface area contributed by atoms with E-state index in [9.17, 15) is 14.7 Å². The fourth-order valence-corrected chi connectivity index (χ4v) is 1.45. The molecule has 0 aliphatic rings. The molecule has 2 aromatic carbocycles. The highest BCUT2D eigenvalue weighted by atomic mass is 16.5. The van der Waals surface area contributed by atoms with Gasteiger partial charge in [0.25, 0.3) is 0 Å². The van der Waals surface area contributed by atoms with Gasteiger partial charge in [-0.3, -0.25) is 0 Å². The zero-order valence-electron chi connectivity index (χ0n) is 11.8. The molecule has 0 heterocycles. The number of carboxylic acid groups (broad SMARTS) is 1. The van der Waals surface area contributed by atoms with Crippen LogP contribution in [0.2, 0.25) is 0 Å². The minimum Gasteiger partial charge on any atom is -0.507 e. The number of para-hydroxylation sites is 1. The lowest BCUT2D eigenvalue weighted by atomic mass is 10.2. The Morgan fingerprint density at radius 1 is 1.05 bits per heavy atom. The van der Waals surface area contributed by atoms with Crippen LogP contribution in [0.4, 0.5) is 0 Å². The van der Waals surface area contributed by atoms with Gasteiger partial charge in [-0.25, -0.2) is 9.59 Å². The zero-order chi connectivity index (χ0) is 16.4. The van der Waals surface area contributed by atoms with Crippen molar-refractivity contribution in [1.82, 2.24) is 0 Å². The standard InChI is InChI=1S/C14H12O3.C3H4O2/c15-13-9-5-4-8-12(13)14(16)17-10-11-6-2-1-3-7-11;1-2-3(4)5/h1-9,15H,10H2;2H,1H2,(H,4,5). The minimum absolute atomic E-state index is 0.0643. The second-order valence-corrected chi connectivity index (χ2v) is 4.12. The van der Waals surface area contributed by atoms with Gasteiger partial charge >= 0.3 is 11.9 Å². The predicted octanol–water partition coefficient (Wildman–Crippen LogP) is 3.01. The number of carbonyl (C=O) groups excluding carboxylic acids is 1. The summed E-state index contributed by atoms with van der Waals surface area (Å²) in [4.78, 5) is 20.9. The summed E-state index contributed by atoms with van der Waals surface area (Å²) in [5, 5.41) is 17.1. The van der Waals surface area contributed by atoms with Crippen molar-refractivity contribution in [1.29, 1.82) is 0 Å². The first-order chi connectivity index (χ1) is 10.5. The van der Waals surface area contributed by atoms with E-state index < -0.39 is 11.9 Å². The number of aliphatic carboxylic acids is 1. The summed E-state index contributed by atoms with van der Waals surface area (Å²) in [6.07, 6.45) is 0.833. The van der Waals surface area contributed by atoms with Crippen molar-refractivity contribution in [2.24, 2.45) is 0 Å². The number of esters is 1. The average Bonchev–Trinajstić information content (AvgIpc) is 2.54. The molecule has 2 aromatic rings. The number of ether oxygens (including phenoxy) is 1. The molecule has 22 heavy (non-hydrogen) atoms. The van der Waals surface area contributed by atoms with Gasteiger partial charge in [0.15, 0.2) is 0 Å². The van der Waals surface area contributed by atoms with E-state index in [0.29, 0.717) is 0 Å². The van der Waals surface area contributed by atoms with Gasteiger partial charge in [-0.2, -0.15) is 0 Å². The van der Waals surface area contributed by atoms with Crippen molar-refractivity contribution >= 4 is 11.9 Å². The summed E-state index contributed by atoms with van der Waals surface area (Å²) in [5.41, 5.74) is 1.10. The average molecular weight is 300 g/mol. The number of rotatable bonds is 4. The van der Waals surface area contributed by atoms with Gasteiger partial charge in [-0.1, -0.05) is 49.0 Å². The zero-order valence-corrected chi connectivity index (χ0v) is 11.8. The summed E-state index contributed by atoms with van der Waals surface area (Å²) < 4.78 is 5.10. The predicted molar refractivity (Wildman–Crippen MR) is 81.5 cm³/mol. The highest BCUT2D eigenvalue weighted by molar-refractivity contribution is 5.92. The molecule has 0 aliphatic heterocycles. The van der Waals surface area contributed by atoms with Gasteiger partial charge in [0.1, 0.15) is 17.9 Å². The first kappa shape index (κ1) is 17.0. The molecule has 0 amide bonds. The maximum absolute atomic E-state index is 11.7. The van der Waals surface area contributed by atoms with Gasteiger partial charge in [-0.05, 0) is 17.7 Å². The molecular formula is C17H16O5. The highest BCUT2D eigenvalue weighted by Crippen LogP contribution is 2.17. The fraction of sp³-hybridized carbons (Fsp3) is 0.0588. The molecule has 5 heteroatoms. The first-order valence-corrected chi connectivity index (χ1v) is 6.39. The summed E-state index contributed by atoms with van der Waals surface area (Å²) in [7, 11) is 0. The van der Waals surface area contributed by atoms with E-state index in [-0.39, 0.29) is 17.9 Å². The monoisotopic (exact) mass is 300 g/mol. The second kappa shape index (κ2) is 8.97. The van der Waals surface area contributed by atoms with Crippen LogP contribution in [0.25, 0.3) is 0 Å². The quantitative estimate of drug-likeness (QED) is 0.670. The van der Waals surface area contributed by atoms with E-state index in [1.165, 1.54) is 12.1 Å². The van der Waals surface area contributed by atoms with Gasteiger partial charge < -0.3 is 14.9 Å². The van der Waals surface area contributed by atoms with Crippen LogP contribution in [0, 0.1) is 0 Å². The fourth-order valence-electron chi connectivity index (χ4n) is 1.45. The van der Waals surface area contributed by atoms with Crippen molar-refractivity contribution in [3.8, 4) is 5.75 Å². The van der Waals surface area contributed by atoms with Crippen LogP contribution in [0.15, 0.2) is 67.3 Å². The molecule has 2 rings (SSSR count). The molecule has 0 radical (unpaired) electrons. The summed E-state index contributed by atoms with van der Waals surface area (Å²) in [6, 6.07) is 15.7. The third kappa shape index (κ3) is 5.92. The summed E-state index contributed by atoms with van der Waals surface area (Å²) in [5.74, 6) is -1.57. The molecule has 0 unspecified atom stereocenters. The van der Waals surface area contributed by atoms with Crippen molar-refractivity contribution in [2.45, 2.75) is 6.61 Å². The Bertz CT molecular complexity index is 635. The van der Waals surface area contributed by atoms with Crippen LogP contribution in [0.1, 0.15) is 15.9 Å². The lowest BCUT2D eigenvalue weighted by Gasteiger charge is -2.05. The Balaban J connectivity index is 0.000000422. The lowest BCUT2D eigenvalue weighted by molar-refractivity contribution is -0.131. The second-order valence-electron chi connectivity index (χ2n) is 4.12. The Labute approximate surface area is 128 Å². The number of phenolic OH excluding ortho intramolecular Hbond substituents is 1. The number of aromatic hydroxyl groups is 1. The van der Waals surface area contributed by atoms with Crippen LogP contribution in [-0.2, 0) is 16.1 Å². The summed E-state index contributed by atoms with van der Waals surface area (Å²) in [6.45, 7) is 3.16. The van der Waals surface area contributed by atoms with Crippen LogP contribution in [0.5, 0.6) is 5.75 Å². The molecule has 0 atom stereocenters. The van der Waals surface area contributed by atoms with E-state index >= 15 is 0 Å². The van der Waals surface area contributed by atoms with Gasteiger partial charge in [0.2, 0.25) is 0 Å². The molecule has 0 aromatic heterocycles. The number of carboxylic acids is 1. The van der Waals surface area contributed by atoms with E-state index in [0.717, 1.165) is 11.6 Å². The van der Waals surface area contributed by atoms with Crippen molar-refractivity contribution < 1.29 is 24.5 Å². The molecule has 114 valence electrons. The highest BCUT2D eigenvalue weighted by Gasteiger charge is 2.11. The van der Waals surface area contributed by atoms with Gasteiger partial charge in [0, 0.05) is 6.08 Å². The minimum atomic E-state index is -0.981. The SMILES string of the molecule is C=CC(=O)O.O=C(OCc1ccccc1)c1ccccc1O. The molecule has 5 nitrogen and oxygen atoms in total. The van der Waals surface area contributed by atoms with E-state index in [4.69, 9.17) is 9.84 Å². The molecular weight excluding hydrogens is 284 g/mol. The van der Waals surface area contributed by atoms with Crippen molar-refractivity contribution in [3.05, 3.63) is 78.4 Å². The third-order valence-electron chi connectivity index (χ3n) is 2.51. The largest absolute Gasteiger partial charge is 0.507 e. The van der Waals surface area contributed by atoms with Crippen LogP contribution >= 0.6 is 0 Å². The molecule has 0 saturated heterocycles. The number of carbonyl (C=O) groups is 2. The van der Waals surface area contributed by atoms with Crippen LogP contribution in [-0.4, -0.2) is 22.2 Å². The number of hydrogen-bond donors (Lipinski definition) is 2. The first-order valence-electron chi connectivity index (χ1n) is 6.39.